The van der Waals surface area contributed by atoms with Gasteiger partial charge in [-0.1, -0.05) is 19.1 Å². The van der Waals surface area contributed by atoms with Crippen LogP contribution in [0.3, 0.4) is 0 Å². The summed E-state index contributed by atoms with van der Waals surface area (Å²) in [5.41, 5.74) is 0.481. The van der Waals surface area contributed by atoms with Crippen molar-refractivity contribution in [2.24, 2.45) is 5.41 Å². The zero-order valence-corrected chi connectivity index (χ0v) is 7.07. The minimum absolute atomic E-state index is 0.481. The van der Waals surface area contributed by atoms with Crippen LogP contribution in [0, 0.1) is 5.41 Å². The van der Waals surface area contributed by atoms with E-state index < -0.39 is 5.97 Å². The zero-order chi connectivity index (χ0) is 8.20. The molecular weight excluding hydrogens is 148 g/mol. The molecule has 0 unspecified atom stereocenters. The Kier molecular flexibility index (Phi) is 3.50. The average Bonchev–Trinajstić information content (AvgIpc) is 2.48. The largest absolute Gasteiger partial charge is 0.481 e. The van der Waals surface area contributed by atoms with Gasteiger partial charge >= 0.3 is 0 Å². The summed E-state index contributed by atoms with van der Waals surface area (Å²) >= 11 is 4.73. The number of carboxylic acids is 1. The first-order valence-electron chi connectivity index (χ1n) is 3.16. The molecule has 0 saturated heterocycles. The van der Waals surface area contributed by atoms with Gasteiger partial charge in [-0.05, 0) is 23.6 Å². The van der Waals surface area contributed by atoms with Crippen LogP contribution in [-0.4, -0.2) is 16.4 Å². The van der Waals surface area contributed by atoms with Crippen LogP contribution in [0.5, 0.6) is 0 Å². The molecule has 0 aliphatic heterocycles. The number of aliphatic carboxylic acids is 1. The van der Waals surface area contributed by atoms with Gasteiger partial charge in [0.25, 0.3) is 5.97 Å². The molecule has 0 heterocycles. The molecule has 0 bridgehead atoms. The second-order valence-corrected chi connectivity index (χ2v) is 3.03. The number of carbonyl (C=O) groups is 1. The highest BCUT2D eigenvalue weighted by atomic mass is 32.1. The van der Waals surface area contributed by atoms with Crippen LogP contribution < -0.4 is 0 Å². The van der Waals surface area contributed by atoms with Crippen LogP contribution >= 0.6 is 12.2 Å². The van der Waals surface area contributed by atoms with Crippen molar-refractivity contribution in [1.82, 2.24) is 0 Å². The third-order valence-electron chi connectivity index (χ3n) is 1.32. The van der Waals surface area contributed by atoms with Crippen LogP contribution in [-0.2, 0) is 4.79 Å². The van der Waals surface area contributed by atoms with Crippen molar-refractivity contribution >= 4 is 23.6 Å². The first-order valence-corrected chi connectivity index (χ1v) is 3.63. The van der Waals surface area contributed by atoms with Crippen molar-refractivity contribution in [2.45, 2.75) is 26.7 Å². The molecule has 1 aliphatic rings. The van der Waals surface area contributed by atoms with E-state index >= 15 is 0 Å². The molecule has 1 saturated carbocycles. The Morgan fingerprint density at radius 3 is 2.00 bits per heavy atom. The van der Waals surface area contributed by atoms with E-state index in [0.29, 0.717) is 5.41 Å². The Morgan fingerprint density at radius 1 is 1.70 bits per heavy atom. The Balaban J connectivity index is 0.000000180. The molecule has 0 spiro atoms. The van der Waals surface area contributed by atoms with Crippen LogP contribution in [0.1, 0.15) is 26.7 Å². The Morgan fingerprint density at radius 2 is 2.00 bits per heavy atom. The first-order chi connectivity index (χ1) is 4.50. The number of hydrogen-bond acceptors (Lipinski definition) is 2. The quantitative estimate of drug-likeness (QED) is 0.595. The molecule has 1 rings (SSSR count). The van der Waals surface area contributed by atoms with Gasteiger partial charge in [0.1, 0.15) is 0 Å². The molecule has 0 aromatic heterocycles. The van der Waals surface area contributed by atoms with Crippen LogP contribution in [0.15, 0.2) is 0 Å². The van der Waals surface area contributed by atoms with Crippen LogP contribution in [0.2, 0.25) is 0 Å². The minimum atomic E-state index is -0.833. The maximum absolute atomic E-state index is 9.00. The van der Waals surface area contributed by atoms with Crippen molar-refractivity contribution in [1.29, 1.82) is 0 Å². The number of thiocarbonyl (C=S) groups is 1. The Labute approximate surface area is 66.2 Å². The van der Waals surface area contributed by atoms with Gasteiger partial charge in [-0.25, -0.2) is 0 Å². The lowest BCUT2D eigenvalue weighted by molar-refractivity contribution is -0.134. The van der Waals surface area contributed by atoms with Crippen molar-refractivity contribution in [3.05, 3.63) is 0 Å². The summed E-state index contributed by atoms with van der Waals surface area (Å²) in [5, 5.41) is 9.30. The van der Waals surface area contributed by atoms with Gasteiger partial charge in [-0.15, -0.1) is 0 Å². The summed E-state index contributed by atoms with van der Waals surface area (Å²) < 4.78 is 0. The summed E-state index contributed by atoms with van der Waals surface area (Å²) in [5.74, 6) is -0.833. The van der Waals surface area contributed by atoms with Crippen LogP contribution in [0.25, 0.3) is 0 Å². The number of carboxylic acid groups (broad SMARTS) is 1. The van der Waals surface area contributed by atoms with E-state index in [2.05, 4.69) is 6.92 Å². The Hall–Kier alpha value is -0.440. The molecule has 0 atom stereocenters. The lowest BCUT2D eigenvalue weighted by Gasteiger charge is -1.88. The highest BCUT2D eigenvalue weighted by Crippen LogP contribution is 2.42. The van der Waals surface area contributed by atoms with Gasteiger partial charge in [0.2, 0.25) is 0 Å². The second kappa shape index (κ2) is 3.66. The fourth-order valence-electron chi connectivity index (χ4n) is 0.315. The summed E-state index contributed by atoms with van der Waals surface area (Å²) in [6.07, 6.45) is 2.63. The minimum Gasteiger partial charge on any atom is -0.481 e. The topological polar surface area (TPSA) is 37.3 Å². The van der Waals surface area contributed by atoms with Gasteiger partial charge in [-0.2, -0.15) is 0 Å². The predicted molar refractivity (Wildman–Crippen MR) is 44.3 cm³/mol. The maximum Gasteiger partial charge on any atom is 0.300 e. The monoisotopic (exact) mass is 160 g/mol. The highest BCUT2D eigenvalue weighted by Gasteiger charge is 2.34. The molecular formula is C7H12O2S. The summed E-state index contributed by atoms with van der Waals surface area (Å²) in [6, 6.07) is 0. The SMILES string of the molecule is CC(=O)O.CC1(C=S)CC1. The zero-order valence-electron chi connectivity index (χ0n) is 6.26. The smallest absolute Gasteiger partial charge is 0.300 e. The van der Waals surface area contributed by atoms with E-state index in [0.717, 1.165) is 6.92 Å². The van der Waals surface area contributed by atoms with E-state index in [1.54, 1.807) is 0 Å². The second-order valence-electron chi connectivity index (χ2n) is 2.79. The van der Waals surface area contributed by atoms with E-state index in [1.807, 2.05) is 5.37 Å². The van der Waals surface area contributed by atoms with Gasteiger partial charge in [0.15, 0.2) is 0 Å². The normalized spacial score (nSPS) is 18.2. The van der Waals surface area contributed by atoms with Crippen molar-refractivity contribution in [2.75, 3.05) is 0 Å². The van der Waals surface area contributed by atoms with Crippen molar-refractivity contribution in [3.8, 4) is 0 Å². The van der Waals surface area contributed by atoms with Gasteiger partial charge in [0, 0.05) is 6.92 Å². The molecule has 1 fully saturated rings. The van der Waals surface area contributed by atoms with Gasteiger partial charge in [-0.3, -0.25) is 4.79 Å². The molecule has 3 heteroatoms. The molecule has 58 valence electrons. The molecule has 1 N–H and O–H groups in total. The van der Waals surface area contributed by atoms with Crippen molar-refractivity contribution < 1.29 is 9.90 Å². The molecule has 0 aromatic rings. The van der Waals surface area contributed by atoms with Crippen molar-refractivity contribution in [3.63, 3.8) is 0 Å². The summed E-state index contributed by atoms with van der Waals surface area (Å²) in [7, 11) is 0. The molecule has 0 amide bonds. The van der Waals surface area contributed by atoms with E-state index in [1.165, 1.54) is 12.8 Å². The molecule has 10 heavy (non-hydrogen) atoms. The standard InChI is InChI=1S/C5H8S.C2H4O2/c1-5(4-6)2-3-5;1-2(3)4/h4H,2-3H2,1H3;1H3,(H,3,4). The van der Waals surface area contributed by atoms with Gasteiger partial charge < -0.3 is 5.11 Å². The maximum atomic E-state index is 9.00. The highest BCUT2D eigenvalue weighted by molar-refractivity contribution is 7.79. The fraction of sp³-hybridized carbons (Fsp3) is 0.714. The fourth-order valence-corrected chi connectivity index (χ4v) is 0.551. The lowest BCUT2D eigenvalue weighted by Crippen LogP contribution is -1.87. The summed E-state index contributed by atoms with van der Waals surface area (Å²) in [6.45, 7) is 3.28. The van der Waals surface area contributed by atoms with E-state index in [4.69, 9.17) is 22.1 Å². The average molecular weight is 160 g/mol. The first kappa shape index (κ1) is 9.56. The third-order valence-corrected chi connectivity index (χ3v) is 1.89. The van der Waals surface area contributed by atoms with Gasteiger partial charge in [0.05, 0.1) is 0 Å². The van der Waals surface area contributed by atoms with E-state index in [-0.39, 0.29) is 0 Å². The number of rotatable bonds is 1. The lowest BCUT2D eigenvalue weighted by atomic mass is 10.2. The molecule has 1 aliphatic carbocycles. The number of hydrogen-bond donors (Lipinski definition) is 1. The molecule has 0 radical (unpaired) electrons. The summed E-state index contributed by atoms with van der Waals surface area (Å²) in [4.78, 5) is 9.00. The Bertz CT molecular complexity index is 135. The van der Waals surface area contributed by atoms with Crippen LogP contribution in [0.4, 0.5) is 0 Å². The van der Waals surface area contributed by atoms with E-state index in [9.17, 15) is 0 Å². The third kappa shape index (κ3) is 5.69. The molecule has 2 nitrogen and oxygen atoms in total. The predicted octanol–water partition coefficient (Wildman–Crippen LogP) is 1.88. The molecule has 0 aromatic carbocycles.